The number of pyridine rings is 1. The van der Waals surface area contributed by atoms with Gasteiger partial charge >= 0.3 is 5.69 Å². The van der Waals surface area contributed by atoms with E-state index in [1.54, 1.807) is 12.1 Å². The molecule has 0 atom stereocenters. The Hall–Kier alpha value is -3.22. The van der Waals surface area contributed by atoms with Crippen LogP contribution < -0.4 is 11.2 Å². The van der Waals surface area contributed by atoms with Gasteiger partial charge in [-0.05, 0) is 31.0 Å². The second-order valence-corrected chi connectivity index (χ2v) is 7.10. The molecule has 0 bridgehead atoms. The van der Waals surface area contributed by atoms with E-state index in [0.717, 1.165) is 10.1 Å². The Morgan fingerprint density at radius 2 is 1.93 bits per heavy atom. The highest BCUT2D eigenvalue weighted by molar-refractivity contribution is 6.11. The SMILES string of the molecule is Cc1ccc(O)c(C(=O)c2cnc3c(c2)c(=O)n(C)c(=O)n3CC(C)C)c1. The van der Waals surface area contributed by atoms with Gasteiger partial charge < -0.3 is 5.11 Å². The number of hydrogen-bond donors (Lipinski definition) is 1. The van der Waals surface area contributed by atoms with Crippen molar-refractivity contribution in [3.63, 3.8) is 0 Å². The molecular formula is C20H21N3O4. The summed E-state index contributed by atoms with van der Waals surface area (Å²) in [6.45, 7) is 6.14. The third-order valence-corrected chi connectivity index (χ3v) is 4.38. The number of aromatic nitrogens is 3. The molecule has 0 saturated carbocycles. The third kappa shape index (κ3) is 3.28. The number of phenolic OH excluding ortho intramolecular Hbond substituents is 1. The fraction of sp³-hybridized carbons (Fsp3) is 0.300. The smallest absolute Gasteiger partial charge is 0.332 e. The Morgan fingerprint density at radius 1 is 1.22 bits per heavy atom. The first kappa shape index (κ1) is 18.6. The van der Waals surface area contributed by atoms with Gasteiger partial charge in [-0.2, -0.15) is 0 Å². The Kier molecular flexibility index (Phi) is 4.70. The molecule has 0 amide bonds. The molecule has 140 valence electrons. The van der Waals surface area contributed by atoms with Gasteiger partial charge in [0.2, 0.25) is 0 Å². The number of aryl methyl sites for hydroxylation is 1. The van der Waals surface area contributed by atoms with E-state index in [-0.39, 0.29) is 33.8 Å². The first-order valence-electron chi connectivity index (χ1n) is 8.64. The number of aromatic hydroxyl groups is 1. The Bertz CT molecular complexity index is 1170. The van der Waals surface area contributed by atoms with E-state index in [4.69, 9.17) is 0 Å². The molecule has 0 spiro atoms. The van der Waals surface area contributed by atoms with Gasteiger partial charge in [-0.25, -0.2) is 9.78 Å². The Labute approximate surface area is 155 Å². The van der Waals surface area contributed by atoms with Crippen LogP contribution in [-0.2, 0) is 13.6 Å². The molecule has 27 heavy (non-hydrogen) atoms. The minimum Gasteiger partial charge on any atom is -0.507 e. The van der Waals surface area contributed by atoms with Crippen LogP contribution in [0.25, 0.3) is 11.0 Å². The first-order valence-corrected chi connectivity index (χ1v) is 8.64. The number of ketones is 1. The molecule has 3 aromatic rings. The van der Waals surface area contributed by atoms with Crippen molar-refractivity contribution < 1.29 is 9.90 Å². The number of fused-ring (bicyclic) bond motifs is 1. The summed E-state index contributed by atoms with van der Waals surface area (Å²) in [6.07, 6.45) is 1.34. The van der Waals surface area contributed by atoms with Crippen LogP contribution in [0.3, 0.4) is 0 Å². The van der Waals surface area contributed by atoms with Gasteiger partial charge in [0, 0.05) is 25.4 Å². The van der Waals surface area contributed by atoms with Gasteiger partial charge in [0.05, 0.1) is 10.9 Å². The monoisotopic (exact) mass is 367 g/mol. The topological polar surface area (TPSA) is 94.2 Å². The van der Waals surface area contributed by atoms with Crippen molar-refractivity contribution in [2.24, 2.45) is 13.0 Å². The Morgan fingerprint density at radius 3 is 2.59 bits per heavy atom. The molecule has 0 radical (unpaired) electrons. The summed E-state index contributed by atoms with van der Waals surface area (Å²) in [5.74, 6) is -0.395. The maximum atomic E-state index is 12.8. The fourth-order valence-electron chi connectivity index (χ4n) is 3.01. The molecule has 0 aliphatic carbocycles. The van der Waals surface area contributed by atoms with Crippen molar-refractivity contribution in [1.82, 2.24) is 14.1 Å². The van der Waals surface area contributed by atoms with E-state index in [1.165, 1.54) is 29.9 Å². The van der Waals surface area contributed by atoms with Crippen molar-refractivity contribution in [2.75, 3.05) is 0 Å². The summed E-state index contributed by atoms with van der Waals surface area (Å²) in [4.78, 5) is 42.1. The molecule has 0 aliphatic heterocycles. The van der Waals surface area contributed by atoms with E-state index in [2.05, 4.69) is 4.98 Å². The normalized spacial score (nSPS) is 11.3. The quantitative estimate of drug-likeness (QED) is 0.712. The second kappa shape index (κ2) is 6.83. The van der Waals surface area contributed by atoms with E-state index in [1.807, 2.05) is 20.8 Å². The summed E-state index contributed by atoms with van der Waals surface area (Å²) >= 11 is 0. The van der Waals surface area contributed by atoms with E-state index in [9.17, 15) is 19.5 Å². The number of rotatable bonds is 4. The van der Waals surface area contributed by atoms with Crippen LogP contribution >= 0.6 is 0 Å². The van der Waals surface area contributed by atoms with Gasteiger partial charge in [-0.3, -0.25) is 18.7 Å². The van der Waals surface area contributed by atoms with Gasteiger partial charge in [0.15, 0.2) is 5.78 Å². The zero-order valence-electron chi connectivity index (χ0n) is 15.7. The summed E-state index contributed by atoms with van der Waals surface area (Å²) in [5.41, 5.74) is 0.446. The number of benzene rings is 1. The minimum atomic E-state index is -0.509. The first-order chi connectivity index (χ1) is 12.7. The molecule has 7 nitrogen and oxygen atoms in total. The van der Waals surface area contributed by atoms with Gasteiger partial charge in [-0.15, -0.1) is 0 Å². The van der Waals surface area contributed by atoms with Crippen LogP contribution in [0, 0.1) is 12.8 Å². The highest BCUT2D eigenvalue weighted by atomic mass is 16.3. The molecule has 0 saturated heterocycles. The van der Waals surface area contributed by atoms with Crippen LogP contribution in [0.15, 0.2) is 40.1 Å². The number of carbonyl (C=O) groups excluding carboxylic acids is 1. The van der Waals surface area contributed by atoms with Crippen LogP contribution in [-0.4, -0.2) is 25.0 Å². The average molecular weight is 367 g/mol. The number of nitrogens with zero attached hydrogens (tertiary/aromatic N) is 3. The molecule has 0 aliphatic rings. The largest absolute Gasteiger partial charge is 0.507 e. The molecular weight excluding hydrogens is 346 g/mol. The molecule has 2 aromatic heterocycles. The lowest BCUT2D eigenvalue weighted by Crippen LogP contribution is -2.39. The van der Waals surface area contributed by atoms with Crippen LogP contribution in [0.1, 0.15) is 35.3 Å². The maximum absolute atomic E-state index is 12.8. The molecule has 0 fully saturated rings. The minimum absolute atomic E-state index is 0.136. The van der Waals surface area contributed by atoms with Crippen molar-refractivity contribution in [1.29, 1.82) is 0 Å². The van der Waals surface area contributed by atoms with Crippen LogP contribution in [0.5, 0.6) is 5.75 Å². The fourth-order valence-corrected chi connectivity index (χ4v) is 3.01. The molecule has 7 heteroatoms. The summed E-state index contributed by atoms with van der Waals surface area (Å²) in [7, 11) is 1.40. The van der Waals surface area contributed by atoms with E-state index >= 15 is 0 Å². The molecule has 2 heterocycles. The lowest BCUT2D eigenvalue weighted by Gasteiger charge is -2.13. The number of phenols is 1. The van der Waals surface area contributed by atoms with E-state index in [0.29, 0.717) is 6.54 Å². The summed E-state index contributed by atoms with van der Waals surface area (Å²) in [5, 5.41) is 10.2. The van der Waals surface area contributed by atoms with Crippen molar-refractivity contribution in [3.05, 3.63) is 68.0 Å². The Balaban J connectivity index is 2.24. The van der Waals surface area contributed by atoms with Crippen molar-refractivity contribution in [2.45, 2.75) is 27.3 Å². The summed E-state index contributed by atoms with van der Waals surface area (Å²) in [6, 6.07) is 6.17. The second-order valence-electron chi connectivity index (χ2n) is 7.10. The van der Waals surface area contributed by atoms with Gasteiger partial charge in [-0.1, -0.05) is 25.5 Å². The van der Waals surface area contributed by atoms with Gasteiger partial charge in [0.1, 0.15) is 11.4 Å². The molecule has 1 N–H and O–H groups in total. The van der Waals surface area contributed by atoms with E-state index < -0.39 is 17.0 Å². The molecule has 1 aromatic carbocycles. The molecule has 3 rings (SSSR count). The number of hydrogen-bond acceptors (Lipinski definition) is 5. The zero-order valence-corrected chi connectivity index (χ0v) is 15.7. The van der Waals surface area contributed by atoms with Crippen LogP contribution in [0.2, 0.25) is 0 Å². The third-order valence-electron chi connectivity index (χ3n) is 4.38. The lowest BCUT2D eigenvalue weighted by atomic mass is 10.0. The van der Waals surface area contributed by atoms with Gasteiger partial charge in [0.25, 0.3) is 5.56 Å². The zero-order chi connectivity index (χ0) is 19.9. The average Bonchev–Trinajstić information content (AvgIpc) is 2.64. The maximum Gasteiger partial charge on any atom is 0.332 e. The van der Waals surface area contributed by atoms with Crippen molar-refractivity contribution in [3.8, 4) is 5.75 Å². The van der Waals surface area contributed by atoms with Crippen molar-refractivity contribution >= 4 is 16.8 Å². The predicted molar refractivity (Wildman–Crippen MR) is 102 cm³/mol. The van der Waals surface area contributed by atoms with Crippen LogP contribution in [0.4, 0.5) is 0 Å². The predicted octanol–water partition coefficient (Wildman–Crippen LogP) is 2.00. The standard InChI is InChI=1S/C20H21N3O4/c1-11(2)10-23-18-15(19(26)22(4)20(23)27)8-13(9-21-18)17(25)14-7-12(3)5-6-16(14)24/h5-9,11,24H,10H2,1-4H3. The lowest BCUT2D eigenvalue weighted by molar-refractivity contribution is 0.103. The highest BCUT2D eigenvalue weighted by Crippen LogP contribution is 2.22. The summed E-state index contributed by atoms with van der Waals surface area (Å²) < 4.78 is 2.46. The molecule has 0 unspecified atom stereocenters. The highest BCUT2D eigenvalue weighted by Gasteiger charge is 2.18. The number of carbonyl (C=O) groups is 1.